The summed E-state index contributed by atoms with van der Waals surface area (Å²) in [6.45, 7) is 2.02. The summed E-state index contributed by atoms with van der Waals surface area (Å²) in [6, 6.07) is 9.72. The molecule has 0 fully saturated rings. The third-order valence-corrected chi connectivity index (χ3v) is 2.44. The van der Waals surface area contributed by atoms with E-state index in [0.717, 1.165) is 16.8 Å². The zero-order valence-corrected chi connectivity index (χ0v) is 9.14. The molecule has 0 saturated heterocycles. The second-order valence-corrected chi connectivity index (χ2v) is 3.53. The van der Waals surface area contributed by atoms with Gasteiger partial charge in [0.25, 0.3) is 0 Å². The first-order valence-corrected chi connectivity index (χ1v) is 4.90. The van der Waals surface area contributed by atoms with Crippen molar-refractivity contribution in [3.05, 3.63) is 35.9 Å². The molecule has 0 N–H and O–H groups in total. The highest BCUT2D eigenvalue weighted by Crippen LogP contribution is 2.25. The van der Waals surface area contributed by atoms with E-state index in [4.69, 9.17) is 0 Å². The van der Waals surface area contributed by atoms with E-state index in [9.17, 15) is 4.79 Å². The fraction of sp³-hybridized carbons (Fsp3) is 0.167. The predicted octanol–water partition coefficient (Wildman–Crippen LogP) is 2.36. The Bertz CT molecular complexity index is 565. The summed E-state index contributed by atoms with van der Waals surface area (Å²) in [6.07, 6.45) is 1.52. The van der Waals surface area contributed by atoms with Gasteiger partial charge in [-0.25, -0.2) is 9.48 Å². The van der Waals surface area contributed by atoms with Crippen molar-refractivity contribution in [2.75, 3.05) is 0 Å². The van der Waals surface area contributed by atoms with Crippen LogP contribution in [0.15, 0.2) is 35.3 Å². The molecule has 0 atom stereocenters. The number of aryl methyl sites for hydroxylation is 2. The lowest BCUT2D eigenvalue weighted by Gasteiger charge is -2.00. The van der Waals surface area contributed by atoms with Gasteiger partial charge in [-0.3, -0.25) is 0 Å². The average Bonchev–Trinajstić information content (AvgIpc) is 2.61. The first kappa shape index (κ1) is 10.3. The van der Waals surface area contributed by atoms with E-state index in [1.54, 1.807) is 17.8 Å². The minimum atomic E-state index is 0.508. The van der Waals surface area contributed by atoms with Gasteiger partial charge in [0.15, 0.2) is 5.82 Å². The average molecular weight is 213 g/mol. The van der Waals surface area contributed by atoms with Gasteiger partial charge in [-0.2, -0.15) is 5.10 Å². The van der Waals surface area contributed by atoms with Gasteiger partial charge in [-0.05, 0) is 12.5 Å². The van der Waals surface area contributed by atoms with Crippen molar-refractivity contribution in [2.24, 2.45) is 12.0 Å². The van der Waals surface area contributed by atoms with Gasteiger partial charge in [0.1, 0.15) is 0 Å². The monoisotopic (exact) mass is 213 g/mol. The van der Waals surface area contributed by atoms with Gasteiger partial charge < -0.3 is 0 Å². The van der Waals surface area contributed by atoms with Crippen molar-refractivity contribution in [3.63, 3.8) is 0 Å². The summed E-state index contributed by atoms with van der Waals surface area (Å²) >= 11 is 0. The third-order valence-electron chi connectivity index (χ3n) is 2.44. The number of nitrogens with zero attached hydrogens (tertiary/aromatic N) is 3. The van der Waals surface area contributed by atoms with E-state index < -0.39 is 0 Å². The highest BCUT2D eigenvalue weighted by atomic mass is 16.1. The Morgan fingerprint density at radius 2 is 2.12 bits per heavy atom. The van der Waals surface area contributed by atoms with Gasteiger partial charge in [0, 0.05) is 18.7 Å². The Morgan fingerprint density at radius 3 is 2.81 bits per heavy atom. The number of aliphatic imine (C=N–C) groups is 1. The largest absolute Gasteiger partial charge is 0.250 e. The maximum absolute atomic E-state index is 10.2. The molecule has 0 aliphatic rings. The molecule has 2 rings (SSSR count). The molecular weight excluding hydrogens is 202 g/mol. The van der Waals surface area contributed by atoms with Crippen LogP contribution in [0.5, 0.6) is 0 Å². The lowest BCUT2D eigenvalue weighted by Crippen LogP contribution is -1.90. The van der Waals surface area contributed by atoms with Gasteiger partial charge in [-0.1, -0.05) is 24.3 Å². The molecule has 16 heavy (non-hydrogen) atoms. The number of carbonyl (C=O) groups excluding carboxylic acids is 1. The second kappa shape index (κ2) is 4.13. The van der Waals surface area contributed by atoms with Crippen LogP contribution in [0.1, 0.15) is 5.56 Å². The first-order chi connectivity index (χ1) is 7.72. The Labute approximate surface area is 93.2 Å². The molecule has 0 spiro atoms. The number of aromatic nitrogens is 2. The summed E-state index contributed by atoms with van der Waals surface area (Å²) in [5, 5.41) is 4.30. The smallest absolute Gasteiger partial charge is 0.242 e. The first-order valence-electron chi connectivity index (χ1n) is 4.90. The molecule has 0 bridgehead atoms. The van der Waals surface area contributed by atoms with Crippen molar-refractivity contribution in [3.8, 4) is 11.3 Å². The quantitative estimate of drug-likeness (QED) is 0.568. The second-order valence-electron chi connectivity index (χ2n) is 3.53. The van der Waals surface area contributed by atoms with Crippen LogP contribution in [0, 0.1) is 6.92 Å². The lowest BCUT2D eigenvalue weighted by atomic mass is 10.1. The van der Waals surface area contributed by atoms with Crippen LogP contribution in [0.3, 0.4) is 0 Å². The minimum Gasteiger partial charge on any atom is -0.250 e. The molecule has 0 saturated carbocycles. The third kappa shape index (κ3) is 1.78. The van der Waals surface area contributed by atoms with Gasteiger partial charge in [-0.15, -0.1) is 4.99 Å². The van der Waals surface area contributed by atoms with E-state index in [1.165, 1.54) is 6.08 Å². The van der Waals surface area contributed by atoms with Crippen molar-refractivity contribution < 1.29 is 4.79 Å². The molecule has 1 aromatic heterocycles. The van der Waals surface area contributed by atoms with Crippen molar-refractivity contribution in [1.29, 1.82) is 0 Å². The van der Waals surface area contributed by atoms with E-state index in [1.807, 2.05) is 31.2 Å². The normalized spacial score (nSPS) is 9.88. The van der Waals surface area contributed by atoms with Crippen LogP contribution in [-0.4, -0.2) is 15.9 Å². The number of hydrogen-bond donors (Lipinski definition) is 0. The van der Waals surface area contributed by atoms with Crippen LogP contribution >= 0.6 is 0 Å². The highest BCUT2D eigenvalue weighted by molar-refractivity contribution is 5.66. The van der Waals surface area contributed by atoms with Gasteiger partial charge in [0.2, 0.25) is 6.08 Å². The molecule has 0 aliphatic carbocycles. The predicted molar refractivity (Wildman–Crippen MR) is 61.2 cm³/mol. The molecule has 1 heterocycles. The van der Waals surface area contributed by atoms with Crippen LogP contribution in [0.4, 0.5) is 5.82 Å². The summed E-state index contributed by atoms with van der Waals surface area (Å²) < 4.78 is 1.56. The Kier molecular flexibility index (Phi) is 2.66. The molecule has 1 aromatic carbocycles. The summed E-state index contributed by atoms with van der Waals surface area (Å²) in [5.41, 5.74) is 3.00. The van der Waals surface area contributed by atoms with E-state index >= 15 is 0 Å². The molecule has 0 radical (unpaired) electrons. The van der Waals surface area contributed by atoms with Crippen LogP contribution in [-0.2, 0) is 11.8 Å². The molecule has 0 aliphatic heterocycles. The number of benzene rings is 1. The zero-order chi connectivity index (χ0) is 11.5. The van der Waals surface area contributed by atoms with Crippen molar-refractivity contribution in [2.45, 2.75) is 6.92 Å². The standard InChI is InChI=1S/C12H11N3O/c1-9-5-3-4-6-10(9)11-7-12(13-8-16)15(2)14-11/h3-7H,1-2H3. The van der Waals surface area contributed by atoms with E-state index in [-0.39, 0.29) is 0 Å². The van der Waals surface area contributed by atoms with Gasteiger partial charge >= 0.3 is 0 Å². The SMILES string of the molecule is Cc1ccccc1-c1cc(N=C=O)n(C)n1. The maximum atomic E-state index is 10.2. The van der Waals surface area contributed by atoms with Crippen molar-refractivity contribution in [1.82, 2.24) is 9.78 Å². The summed E-state index contributed by atoms with van der Waals surface area (Å²) in [5.74, 6) is 0.508. The Hall–Kier alpha value is -2.19. The minimum absolute atomic E-state index is 0.508. The number of isocyanates is 1. The van der Waals surface area contributed by atoms with Crippen LogP contribution in [0.25, 0.3) is 11.3 Å². The van der Waals surface area contributed by atoms with Crippen LogP contribution in [0.2, 0.25) is 0 Å². The summed E-state index contributed by atoms with van der Waals surface area (Å²) in [7, 11) is 1.75. The molecule has 80 valence electrons. The fourth-order valence-corrected chi connectivity index (χ4v) is 1.60. The van der Waals surface area contributed by atoms with Crippen LogP contribution < -0.4 is 0 Å². The highest BCUT2D eigenvalue weighted by Gasteiger charge is 2.07. The topological polar surface area (TPSA) is 47.2 Å². The van der Waals surface area contributed by atoms with E-state index in [2.05, 4.69) is 10.1 Å². The molecule has 0 amide bonds. The van der Waals surface area contributed by atoms with Gasteiger partial charge in [0.05, 0.1) is 5.69 Å². The summed E-state index contributed by atoms with van der Waals surface area (Å²) in [4.78, 5) is 13.8. The van der Waals surface area contributed by atoms with Crippen molar-refractivity contribution >= 4 is 11.9 Å². The Morgan fingerprint density at radius 1 is 1.38 bits per heavy atom. The molecule has 0 unspecified atom stereocenters. The molecule has 4 heteroatoms. The molecule has 2 aromatic rings. The zero-order valence-electron chi connectivity index (χ0n) is 9.14. The lowest BCUT2D eigenvalue weighted by molar-refractivity contribution is 0.564. The number of rotatable bonds is 2. The molecular formula is C12H11N3O. The van der Waals surface area contributed by atoms with E-state index in [0.29, 0.717) is 5.82 Å². The maximum Gasteiger partial charge on any atom is 0.242 e. The fourth-order valence-electron chi connectivity index (χ4n) is 1.60. The number of hydrogen-bond acceptors (Lipinski definition) is 3. The molecule has 4 nitrogen and oxygen atoms in total. The Balaban J connectivity index is 2.54.